The minimum atomic E-state index is 0.613. The Labute approximate surface area is 87.6 Å². The van der Waals surface area contributed by atoms with Gasteiger partial charge in [0.05, 0.1) is 0 Å². The van der Waals surface area contributed by atoms with Crippen LogP contribution in [0.4, 0.5) is 5.82 Å². The first-order valence-corrected chi connectivity index (χ1v) is 4.59. The van der Waals surface area contributed by atoms with Gasteiger partial charge in [0.2, 0.25) is 0 Å². The van der Waals surface area contributed by atoms with Gasteiger partial charge in [-0.25, -0.2) is 19.9 Å². The van der Waals surface area contributed by atoms with Crippen molar-refractivity contribution in [3.63, 3.8) is 0 Å². The van der Waals surface area contributed by atoms with Crippen LogP contribution in [0.25, 0.3) is 11.5 Å². The highest BCUT2D eigenvalue weighted by Gasteiger charge is 2.04. The molecular weight excluding hydrogens is 190 g/mol. The van der Waals surface area contributed by atoms with Crippen molar-refractivity contribution >= 4 is 5.82 Å². The Bertz CT molecular complexity index is 455. The van der Waals surface area contributed by atoms with Crippen LogP contribution in [0.1, 0.15) is 5.69 Å². The smallest absolute Gasteiger partial charge is 0.180 e. The van der Waals surface area contributed by atoms with Crippen LogP contribution in [0.2, 0.25) is 0 Å². The van der Waals surface area contributed by atoms with E-state index in [2.05, 4.69) is 25.3 Å². The highest BCUT2D eigenvalue weighted by Crippen LogP contribution is 2.14. The molecule has 15 heavy (non-hydrogen) atoms. The van der Waals surface area contributed by atoms with Crippen LogP contribution < -0.4 is 5.32 Å². The average molecular weight is 201 g/mol. The molecule has 0 aliphatic rings. The van der Waals surface area contributed by atoms with Crippen molar-refractivity contribution in [2.75, 3.05) is 12.4 Å². The minimum absolute atomic E-state index is 0.613. The number of aromatic nitrogens is 4. The Hall–Kier alpha value is -2.04. The zero-order valence-electron chi connectivity index (χ0n) is 8.60. The van der Waals surface area contributed by atoms with E-state index in [0.29, 0.717) is 5.82 Å². The maximum atomic E-state index is 4.31. The highest BCUT2D eigenvalue weighted by molar-refractivity contribution is 5.52. The Balaban J connectivity index is 2.49. The molecule has 1 N–H and O–H groups in total. The lowest BCUT2D eigenvalue weighted by Crippen LogP contribution is -1.99. The lowest BCUT2D eigenvalue weighted by Gasteiger charge is -2.04. The minimum Gasteiger partial charge on any atom is -0.373 e. The summed E-state index contributed by atoms with van der Waals surface area (Å²) >= 11 is 0. The van der Waals surface area contributed by atoms with Crippen molar-refractivity contribution in [2.45, 2.75) is 6.92 Å². The third-order valence-electron chi connectivity index (χ3n) is 1.92. The van der Waals surface area contributed by atoms with Crippen LogP contribution in [0.15, 0.2) is 24.7 Å². The van der Waals surface area contributed by atoms with Gasteiger partial charge in [-0.3, -0.25) is 0 Å². The Kier molecular flexibility index (Phi) is 2.53. The van der Waals surface area contributed by atoms with E-state index in [1.165, 1.54) is 6.33 Å². The summed E-state index contributed by atoms with van der Waals surface area (Å²) in [5, 5.41) is 2.98. The first-order valence-electron chi connectivity index (χ1n) is 4.59. The highest BCUT2D eigenvalue weighted by atomic mass is 15.0. The third kappa shape index (κ3) is 2.07. The second-order valence-electron chi connectivity index (χ2n) is 3.06. The molecular formula is C10H11N5. The fraction of sp³-hybridized carbons (Fsp3) is 0.200. The van der Waals surface area contributed by atoms with Crippen molar-refractivity contribution in [1.29, 1.82) is 0 Å². The molecule has 76 valence electrons. The van der Waals surface area contributed by atoms with Crippen LogP contribution in [-0.4, -0.2) is 27.0 Å². The van der Waals surface area contributed by atoms with Crippen LogP contribution in [0.3, 0.4) is 0 Å². The first-order chi connectivity index (χ1) is 7.29. The van der Waals surface area contributed by atoms with E-state index in [0.717, 1.165) is 17.2 Å². The number of hydrogen-bond donors (Lipinski definition) is 1. The van der Waals surface area contributed by atoms with Gasteiger partial charge in [-0.15, -0.1) is 0 Å². The normalized spacial score (nSPS) is 10.0. The molecule has 0 radical (unpaired) electrons. The van der Waals surface area contributed by atoms with Crippen molar-refractivity contribution < 1.29 is 0 Å². The van der Waals surface area contributed by atoms with E-state index in [1.807, 2.05) is 20.0 Å². The first kappa shape index (κ1) is 9.51. The van der Waals surface area contributed by atoms with Gasteiger partial charge in [-0.2, -0.15) is 0 Å². The van der Waals surface area contributed by atoms with Gasteiger partial charge in [0, 0.05) is 25.0 Å². The van der Waals surface area contributed by atoms with Crippen LogP contribution in [0, 0.1) is 6.92 Å². The largest absolute Gasteiger partial charge is 0.373 e. The number of rotatable bonds is 2. The van der Waals surface area contributed by atoms with Gasteiger partial charge in [-0.1, -0.05) is 0 Å². The van der Waals surface area contributed by atoms with E-state index >= 15 is 0 Å². The zero-order valence-corrected chi connectivity index (χ0v) is 8.60. The molecule has 0 fully saturated rings. The SMILES string of the molecule is CNc1cc(C)nc(-c2ccncn2)n1. The quantitative estimate of drug-likeness (QED) is 0.793. The maximum Gasteiger partial charge on any atom is 0.180 e. The van der Waals surface area contributed by atoms with E-state index < -0.39 is 0 Å². The lowest BCUT2D eigenvalue weighted by atomic mass is 10.3. The van der Waals surface area contributed by atoms with Crippen LogP contribution in [-0.2, 0) is 0 Å². The topological polar surface area (TPSA) is 63.6 Å². The van der Waals surface area contributed by atoms with Crippen molar-refractivity contribution in [3.8, 4) is 11.5 Å². The summed E-state index contributed by atoms with van der Waals surface area (Å²) in [4.78, 5) is 16.6. The Morgan fingerprint density at radius 1 is 1.27 bits per heavy atom. The van der Waals surface area contributed by atoms with E-state index in [4.69, 9.17) is 0 Å². The number of anilines is 1. The van der Waals surface area contributed by atoms with E-state index in [9.17, 15) is 0 Å². The molecule has 0 amide bonds. The fourth-order valence-corrected chi connectivity index (χ4v) is 1.23. The molecule has 0 atom stereocenters. The summed E-state index contributed by atoms with van der Waals surface area (Å²) in [5.74, 6) is 1.40. The molecule has 0 bridgehead atoms. The Morgan fingerprint density at radius 2 is 2.13 bits per heavy atom. The summed E-state index contributed by atoms with van der Waals surface area (Å²) in [5.41, 5.74) is 1.63. The van der Waals surface area contributed by atoms with Crippen molar-refractivity contribution in [3.05, 3.63) is 30.4 Å². The second-order valence-corrected chi connectivity index (χ2v) is 3.06. The number of nitrogens with zero attached hydrogens (tertiary/aromatic N) is 4. The second kappa shape index (κ2) is 4.00. The van der Waals surface area contributed by atoms with Gasteiger partial charge in [0.1, 0.15) is 17.8 Å². The molecule has 5 heteroatoms. The molecule has 2 aromatic rings. The van der Waals surface area contributed by atoms with Gasteiger partial charge in [-0.05, 0) is 13.0 Å². The fourth-order valence-electron chi connectivity index (χ4n) is 1.23. The van der Waals surface area contributed by atoms with Crippen LogP contribution >= 0.6 is 0 Å². The summed E-state index contributed by atoms with van der Waals surface area (Å²) < 4.78 is 0. The monoisotopic (exact) mass is 201 g/mol. The van der Waals surface area contributed by atoms with Crippen molar-refractivity contribution in [2.24, 2.45) is 0 Å². The summed E-state index contributed by atoms with van der Waals surface area (Å²) in [7, 11) is 1.82. The predicted octanol–water partition coefficient (Wildman–Crippen LogP) is 1.28. The predicted molar refractivity (Wildman–Crippen MR) is 57.3 cm³/mol. The molecule has 0 aromatic carbocycles. The van der Waals surface area contributed by atoms with Crippen molar-refractivity contribution in [1.82, 2.24) is 19.9 Å². The van der Waals surface area contributed by atoms with Gasteiger partial charge >= 0.3 is 0 Å². The number of nitrogens with one attached hydrogen (secondary N) is 1. The maximum absolute atomic E-state index is 4.31. The average Bonchev–Trinajstić information content (AvgIpc) is 2.29. The van der Waals surface area contributed by atoms with Gasteiger partial charge in [0.15, 0.2) is 5.82 Å². The van der Waals surface area contributed by atoms with Gasteiger partial charge < -0.3 is 5.32 Å². The molecule has 2 heterocycles. The van der Waals surface area contributed by atoms with E-state index in [1.54, 1.807) is 12.3 Å². The summed E-state index contributed by atoms with van der Waals surface area (Å²) in [6.45, 7) is 1.92. The number of hydrogen-bond acceptors (Lipinski definition) is 5. The molecule has 2 rings (SSSR count). The standard InChI is InChI=1S/C10H11N5/c1-7-5-9(11-2)15-10(14-7)8-3-4-12-6-13-8/h3-6H,1-2H3,(H,11,14,15). The summed E-state index contributed by atoms with van der Waals surface area (Å²) in [6.07, 6.45) is 3.16. The van der Waals surface area contributed by atoms with Crippen LogP contribution in [0.5, 0.6) is 0 Å². The molecule has 0 saturated heterocycles. The molecule has 0 spiro atoms. The van der Waals surface area contributed by atoms with Gasteiger partial charge in [0.25, 0.3) is 0 Å². The molecule has 0 saturated carbocycles. The molecule has 0 aliphatic heterocycles. The summed E-state index contributed by atoms with van der Waals surface area (Å²) in [6, 6.07) is 3.67. The lowest BCUT2D eigenvalue weighted by molar-refractivity contribution is 1.07. The molecule has 5 nitrogen and oxygen atoms in total. The molecule has 0 aliphatic carbocycles. The zero-order chi connectivity index (χ0) is 10.7. The molecule has 0 unspecified atom stereocenters. The molecule has 2 aromatic heterocycles. The van der Waals surface area contributed by atoms with E-state index in [-0.39, 0.29) is 0 Å². The Morgan fingerprint density at radius 3 is 2.80 bits per heavy atom. The third-order valence-corrected chi connectivity index (χ3v) is 1.92. The number of aryl methyl sites for hydroxylation is 1.